The molecular formula is C30H35F3N4O4S. The van der Waals surface area contributed by atoms with Crippen molar-refractivity contribution in [2.75, 3.05) is 45.4 Å². The number of rotatable bonds is 7. The zero-order chi connectivity index (χ0) is 30.8. The molecule has 2 unspecified atom stereocenters. The Morgan fingerprint density at radius 2 is 1.95 bits per heavy atom. The number of methoxy groups -OCH3 is 1. The van der Waals surface area contributed by atoms with E-state index in [9.17, 15) is 26.4 Å². The van der Waals surface area contributed by atoms with Gasteiger partial charge in [-0.05, 0) is 68.8 Å². The number of piperidine rings is 1. The Labute approximate surface area is 244 Å². The summed E-state index contributed by atoms with van der Waals surface area (Å²) in [5.41, 5.74) is 1.91. The lowest BCUT2D eigenvalue weighted by Crippen LogP contribution is -2.48. The molecule has 1 fully saturated rings. The van der Waals surface area contributed by atoms with Crippen LogP contribution in [0.25, 0.3) is 10.9 Å². The smallest absolute Gasteiger partial charge is 0.406 e. The highest BCUT2D eigenvalue weighted by molar-refractivity contribution is 7.90. The number of sulfone groups is 1. The summed E-state index contributed by atoms with van der Waals surface area (Å²) < 4.78 is 70.6. The number of nitrogens with one attached hydrogen (secondary N) is 2. The first-order valence-electron chi connectivity index (χ1n) is 13.5. The fraction of sp³-hybridized carbons (Fsp3) is 0.433. The van der Waals surface area contributed by atoms with Crippen molar-refractivity contribution in [2.24, 2.45) is 5.92 Å². The quantitative estimate of drug-likeness (QED) is 0.387. The minimum absolute atomic E-state index is 0.0575. The van der Waals surface area contributed by atoms with E-state index in [1.165, 1.54) is 31.5 Å². The second-order valence-corrected chi connectivity index (χ2v) is 12.9. The van der Waals surface area contributed by atoms with Gasteiger partial charge >= 0.3 is 6.18 Å². The number of aryl methyl sites for hydroxylation is 1. The number of hydrogen-bond donors (Lipinski definition) is 2. The highest BCUT2D eigenvalue weighted by atomic mass is 32.2. The molecule has 1 aromatic heterocycles. The Bertz CT molecular complexity index is 1650. The van der Waals surface area contributed by atoms with Crippen molar-refractivity contribution in [3.63, 3.8) is 0 Å². The monoisotopic (exact) mass is 604 g/mol. The highest BCUT2D eigenvalue weighted by Crippen LogP contribution is 2.30. The van der Waals surface area contributed by atoms with Crippen molar-refractivity contribution in [2.45, 2.75) is 43.9 Å². The van der Waals surface area contributed by atoms with Crippen molar-refractivity contribution < 1.29 is 31.1 Å². The average molecular weight is 605 g/mol. The summed E-state index contributed by atoms with van der Waals surface area (Å²) in [6.07, 6.45) is -1.16. The van der Waals surface area contributed by atoms with Crippen molar-refractivity contribution in [1.82, 2.24) is 14.8 Å². The predicted molar refractivity (Wildman–Crippen MR) is 157 cm³/mol. The average Bonchev–Trinajstić information content (AvgIpc) is 3.20. The van der Waals surface area contributed by atoms with Crippen LogP contribution >= 0.6 is 0 Å². The first-order chi connectivity index (χ1) is 19.7. The summed E-state index contributed by atoms with van der Waals surface area (Å²) in [4.78, 5) is 15.9. The Hall–Kier alpha value is -3.69. The van der Waals surface area contributed by atoms with E-state index in [-0.39, 0.29) is 40.4 Å². The number of amides is 1. The lowest BCUT2D eigenvalue weighted by Gasteiger charge is -2.35. The van der Waals surface area contributed by atoms with Gasteiger partial charge in [-0.1, -0.05) is 18.8 Å². The second-order valence-electron chi connectivity index (χ2n) is 10.9. The number of fused-ring (bicyclic) bond motifs is 1. The van der Waals surface area contributed by atoms with Crippen LogP contribution in [0.1, 0.15) is 34.8 Å². The Balaban J connectivity index is 1.67. The summed E-state index contributed by atoms with van der Waals surface area (Å²) in [6.45, 7) is 4.31. The van der Waals surface area contributed by atoms with Crippen LogP contribution in [0.4, 0.5) is 18.9 Å². The number of likely N-dealkylation sites (tertiary alicyclic amines) is 1. The third kappa shape index (κ3) is 7.38. The molecule has 2 N–H and O–H groups in total. The molecule has 2 heterocycles. The van der Waals surface area contributed by atoms with Crippen molar-refractivity contribution in [1.29, 1.82) is 0 Å². The predicted octanol–water partition coefficient (Wildman–Crippen LogP) is 4.46. The number of benzene rings is 2. The van der Waals surface area contributed by atoms with Crippen LogP contribution in [-0.2, 0) is 16.4 Å². The van der Waals surface area contributed by atoms with E-state index >= 15 is 0 Å². The highest BCUT2D eigenvalue weighted by Gasteiger charge is 2.30. The Morgan fingerprint density at radius 1 is 1.21 bits per heavy atom. The second kappa shape index (κ2) is 12.3. The van der Waals surface area contributed by atoms with E-state index in [2.05, 4.69) is 34.3 Å². The summed E-state index contributed by atoms with van der Waals surface area (Å²) in [5, 5.41) is 6.60. The molecule has 1 aliphatic heterocycles. The summed E-state index contributed by atoms with van der Waals surface area (Å²) >= 11 is 0. The number of aromatic nitrogens is 1. The van der Waals surface area contributed by atoms with E-state index in [4.69, 9.17) is 4.74 Å². The number of alkyl halides is 3. The van der Waals surface area contributed by atoms with Crippen molar-refractivity contribution in [3.8, 4) is 17.6 Å². The van der Waals surface area contributed by atoms with Crippen molar-refractivity contribution >= 4 is 32.3 Å². The number of halogens is 3. The molecular weight excluding hydrogens is 569 g/mol. The molecule has 3 aromatic rings. The fourth-order valence-electron chi connectivity index (χ4n) is 5.37. The van der Waals surface area contributed by atoms with Crippen LogP contribution in [-0.4, -0.2) is 76.1 Å². The van der Waals surface area contributed by atoms with Crippen LogP contribution in [0.15, 0.2) is 41.4 Å². The minimum atomic E-state index is -4.45. The maximum absolute atomic E-state index is 13.6. The van der Waals surface area contributed by atoms with Gasteiger partial charge in [0.25, 0.3) is 5.91 Å². The molecule has 4 rings (SSSR count). The standard InChI is InChI=1S/C30H35F3N4O4S/c1-19-16-36(3)12-10-24(19)35-29(38)23-13-21(14-26-28(23)20(2)17-37(26)18-30(31,32)33)7-6-11-34-25-15-22(42(5,39)40)8-9-27(25)41-4/h8-9,13-15,17,19,24,34H,10-12,16,18H2,1-5H3,(H,35,38). The van der Waals surface area contributed by atoms with Gasteiger partial charge in [0.1, 0.15) is 12.3 Å². The third-order valence-electron chi connectivity index (χ3n) is 7.39. The minimum Gasteiger partial charge on any atom is -0.495 e. The Kier molecular flexibility index (Phi) is 9.13. The fourth-order valence-corrected chi connectivity index (χ4v) is 6.01. The van der Waals surface area contributed by atoms with E-state index in [1.807, 2.05) is 7.05 Å². The molecule has 0 aliphatic carbocycles. The number of carbonyl (C=O) groups excluding carboxylic acids is 1. The van der Waals surface area contributed by atoms with Crippen LogP contribution in [0.2, 0.25) is 0 Å². The number of ether oxygens (including phenoxy) is 1. The lowest BCUT2D eigenvalue weighted by atomic mass is 9.93. The zero-order valence-electron chi connectivity index (χ0n) is 24.2. The molecule has 226 valence electrons. The molecule has 2 aromatic carbocycles. The Morgan fingerprint density at radius 3 is 2.60 bits per heavy atom. The SMILES string of the molecule is COc1ccc(S(C)(=O)=O)cc1NCC#Cc1cc(C(=O)NC2CCN(C)CC2C)c2c(C)cn(CC(F)(F)F)c2c1. The number of anilines is 1. The van der Waals surface area contributed by atoms with E-state index < -0.39 is 22.6 Å². The van der Waals surface area contributed by atoms with Gasteiger partial charge in [0.05, 0.1) is 35.3 Å². The van der Waals surface area contributed by atoms with Gasteiger partial charge in [-0.2, -0.15) is 13.2 Å². The van der Waals surface area contributed by atoms with Gasteiger partial charge in [0.15, 0.2) is 9.84 Å². The van der Waals surface area contributed by atoms with Crippen LogP contribution in [0.5, 0.6) is 5.75 Å². The van der Waals surface area contributed by atoms with Crippen LogP contribution < -0.4 is 15.4 Å². The molecule has 0 spiro atoms. The first kappa shape index (κ1) is 31.3. The zero-order valence-corrected chi connectivity index (χ0v) is 25.0. The molecule has 8 nitrogen and oxygen atoms in total. The topological polar surface area (TPSA) is 92.7 Å². The van der Waals surface area contributed by atoms with Gasteiger partial charge in [-0.15, -0.1) is 0 Å². The number of nitrogens with zero attached hydrogens (tertiary/aromatic N) is 2. The molecule has 2 atom stereocenters. The molecule has 1 saturated heterocycles. The van der Waals surface area contributed by atoms with Crippen LogP contribution in [0, 0.1) is 24.7 Å². The van der Waals surface area contributed by atoms with Gasteiger partial charge in [0, 0.05) is 36.0 Å². The van der Waals surface area contributed by atoms with E-state index in [0.29, 0.717) is 28.0 Å². The summed E-state index contributed by atoms with van der Waals surface area (Å²) in [6, 6.07) is 7.53. The number of carbonyl (C=O) groups is 1. The maximum atomic E-state index is 13.6. The third-order valence-corrected chi connectivity index (χ3v) is 8.50. The first-order valence-corrected chi connectivity index (χ1v) is 15.4. The summed E-state index contributed by atoms with van der Waals surface area (Å²) in [7, 11) is 0.0407. The maximum Gasteiger partial charge on any atom is 0.406 e. The molecule has 0 saturated carbocycles. The van der Waals surface area contributed by atoms with Gasteiger partial charge in [-0.25, -0.2) is 8.42 Å². The lowest BCUT2D eigenvalue weighted by molar-refractivity contribution is -0.139. The van der Waals surface area contributed by atoms with E-state index in [1.54, 1.807) is 19.1 Å². The molecule has 1 aliphatic rings. The summed E-state index contributed by atoms with van der Waals surface area (Å²) in [5.74, 6) is 6.16. The normalized spacial score (nSPS) is 17.9. The molecule has 12 heteroatoms. The van der Waals surface area contributed by atoms with Crippen molar-refractivity contribution in [3.05, 3.63) is 53.2 Å². The van der Waals surface area contributed by atoms with Gasteiger partial charge in [-0.3, -0.25) is 4.79 Å². The number of hydrogen-bond acceptors (Lipinski definition) is 6. The molecule has 42 heavy (non-hydrogen) atoms. The van der Waals surface area contributed by atoms with E-state index in [0.717, 1.165) is 30.3 Å². The molecule has 1 amide bonds. The van der Waals surface area contributed by atoms with Gasteiger partial charge in [0.2, 0.25) is 0 Å². The largest absolute Gasteiger partial charge is 0.495 e. The van der Waals surface area contributed by atoms with Gasteiger partial charge < -0.3 is 24.8 Å². The van der Waals surface area contributed by atoms with Crippen LogP contribution in [0.3, 0.4) is 0 Å². The molecule has 0 radical (unpaired) electrons. The molecule has 0 bridgehead atoms.